The van der Waals surface area contributed by atoms with Gasteiger partial charge in [0.2, 0.25) is 11.8 Å². The molecule has 4 N–H and O–H groups in total. The Morgan fingerprint density at radius 1 is 1.07 bits per heavy atom. The number of rotatable bonds is 8. The van der Waals surface area contributed by atoms with Gasteiger partial charge in [0.15, 0.2) is 0 Å². The molecular weight excluding hydrogens is 448 g/mol. The van der Waals surface area contributed by atoms with Crippen LogP contribution in [0, 0.1) is 0 Å². The molecule has 0 spiro atoms. The van der Waals surface area contributed by atoms with Crippen LogP contribution in [0.5, 0.6) is 0 Å². The van der Waals surface area contributed by atoms with Gasteiger partial charge in [-0.2, -0.15) is 13.2 Å². The van der Waals surface area contributed by atoms with Crippen LogP contribution in [0.1, 0.15) is 16.7 Å². The number of aromatic nitrogens is 1. The first-order valence-corrected chi connectivity index (χ1v) is 8.22. The van der Waals surface area contributed by atoms with Crippen LogP contribution < -0.4 is 16.4 Å². The Morgan fingerprint density at radius 2 is 1.77 bits per heavy atom. The number of hydrogen-bond donors (Lipinski definition) is 3. The summed E-state index contributed by atoms with van der Waals surface area (Å²) in [6, 6.07) is 6.57. The first-order valence-electron chi connectivity index (χ1n) is 8.22. The van der Waals surface area contributed by atoms with Gasteiger partial charge in [0.05, 0.1) is 5.56 Å². The van der Waals surface area contributed by atoms with Gasteiger partial charge in [0.1, 0.15) is 13.2 Å². The predicted octanol–water partition coefficient (Wildman–Crippen LogP) is 2.67. The van der Waals surface area contributed by atoms with E-state index in [0.29, 0.717) is 0 Å². The van der Waals surface area contributed by atoms with Crippen LogP contribution in [0.2, 0.25) is 0 Å². The predicted molar refractivity (Wildman–Crippen MR) is 109 cm³/mol. The molecule has 2 amide bonds. The number of nitrogens with one attached hydrogen (secondary N) is 2. The van der Waals surface area contributed by atoms with Gasteiger partial charge in [0.25, 0.3) is 0 Å². The van der Waals surface area contributed by atoms with Crippen molar-refractivity contribution in [2.75, 3.05) is 18.5 Å². The third-order valence-corrected chi connectivity index (χ3v) is 3.52. The van der Waals surface area contributed by atoms with Crippen molar-refractivity contribution in [1.29, 1.82) is 0 Å². The second-order valence-electron chi connectivity index (χ2n) is 5.80. The van der Waals surface area contributed by atoms with Crippen LogP contribution in [0.4, 0.5) is 18.9 Å². The number of alkyl halides is 3. The fourth-order valence-corrected chi connectivity index (χ4v) is 2.23. The van der Waals surface area contributed by atoms with Crippen LogP contribution in [0.15, 0.2) is 42.7 Å². The summed E-state index contributed by atoms with van der Waals surface area (Å²) in [4.78, 5) is 27.4. The zero-order chi connectivity index (χ0) is 20.6. The molecule has 2 aromatic rings. The van der Waals surface area contributed by atoms with E-state index in [1.807, 2.05) is 0 Å². The molecule has 166 valence electrons. The number of carbonyl (C=O) groups excluding carboxylic acids is 2. The van der Waals surface area contributed by atoms with Crippen LogP contribution in [0.25, 0.3) is 0 Å². The summed E-state index contributed by atoms with van der Waals surface area (Å²) in [6.45, 7) is -0.715. The molecule has 0 aliphatic carbocycles. The summed E-state index contributed by atoms with van der Waals surface area (Å²) in [6.07, 6.45) is -1.36. The second kappa shape index (κ2) is 13.0. The lowest BCUT2D eigenvalue weighted by molar-refractivity contribution is -0.137. The number of hydrogen-bond acceptors (Lipinski definition) is 5. The minimum Gasteiger partial charge on any atom is -0.362 e. The molecule has 0 aliphatic rings. The van der Waals surface area contributed by atoms with Crippen molar-refractivity contribution in [3.05, 3.63) is 59.4 Å². The first-order chi connectivity index (χ1) is 13.3. The van der Waals surface area contributed by atoms with E-state index in [4.69, 9.17) is 10.5 Å². The minimum atomic E-state index is -4.56. The molecule has 0 saturated carbocycles. The molecule has 0 atom stereocenters. The van der Waals surface area contributed by atoms with E-state index >= 15 is 0 Å². The number of nitrogens with two attached hydrogens (primary N) is 1. The summed E-state index contributed by atoms with van der Waals surface area (Å²) < 4.78 is 43.6. The Hall–Kier alpha value is -2.40. The molecule has 7 nitrogen and oxygen atoms in total. The van der Waals surface area contributed by atoms with Crippen molar-refractivity contribution in [3.8, 4) is 0 Å². The average molecular weight is 469 g/mol. The quantitative estimate of drug-likeness (QED) is 0.552. The van der Waals surface area contributed by atoms with E-state index < -0.39 is 30.2 Å². The highest BCUT2D eigenvalue weighted by molar-refractivity contribution is 5.92. The lowest BCUT2D eigenvalue weighted by atomic mass is 10.1. The molecule has 0 unspecified atom stereocenters. The van der Waals surface area contributed by atoms with E-state index in [1.54, 1.807) is 24.5 Å². The van der Waals surface area contributed by atoms with Gasteiger partial charge < -0.3 is 21.1 Å². The molecular formula is C18H21Cl2F3N4O3. The zero-order valence-electron chi connectivity index (χ0n) is 15.6. The van der Waals surface area contributed by atoms with Crippen molar-refractivity contribution >= 4 is 42.3 Å². The molecule has 30 heavy (non-hydrogen) atoms. The number of nitrogens with zero attached hydrogens (tertiary/aromatic N) is 1. The number of amides is 2. The van der Waals surface area contributed by atoms with Gasteiger partial charge in [-0.05, 0) is 35.4 Å². The Bertz CT molecular complexity index is 824. The second-order valence-corrected chi connectivity index (χ2v) is 5.80. The highest BCUT2D eigenvalue weighted by Gasteiger charge is 2.31. The van der Waals surface area contributed by atoms with Crippen molar-refractivity contribution in [2.24, 2.45) is 5.73 Å². The molecule has 12 heteroatoms. The van der Waals surface area contributed by atoms with E-state index in [-0.39, 0.29) is 55.8 Å². The SMILES string of the molecule is Cl.Cl.NCc1cc(NC(=O)COCC(=O)NCc2cccnc2)cc(C(F)(F)F)c1. The monoisotopic (exact) mass is 468 g/mol. The smallest absolute Gasteiger partial charge is 0.362 e. The molecule has 0 radical (unpaired) electrons. The van der Waals surface area contributed by atoms with Gasteiger partial charge in [0, 0.05) is 31.2 Å². The number of carbonyl (C=O) groups is 2. The molecule has 0 bridgehead atoms. The Labute approximate surface area is 183 Å². The van der Waals surface area contributed by atoms with E-state index in [0.717, 1.165) is 17.7 Å². The summed E-state index contributed by atoms with van der Waals surface area (Å²) >= 11 is 0. The normalized spacial score (nSPS) is 10.4. The van der Waals surface area contributed by atoms with Crippen molar-refractivity contribution in [3.63, 3.8) is 0 Å². The minimum absolute atomic E-state index is 0. The molecule has 1 aromatic heterocycles. The maximum absolute atomic E-state index is 12.9. The Balaban J connectivity index is 0.00000420. The van der Waals surface area contributed by atoms with E-state index in [9.17, 15) is 22.8 Å². The third-order valence-electron chi connectivity index (χ3n) is 3.52. The molecule has 1 heterocycles. The van der Waals surface area contributed by atoms with Crippen molar-refractivity contribution < 1.29 is 27.5 Å². The fourth-order valence-electron chi connectivity index (χ4n) is 2.23. The standard InChI is InChI=1S/C18H19F3N4O3.2ClH/c19-18(20,21)14-4-13(7-22)5-15(6-14)25-17(27)11-28-10-16(26)24-9-12-2-1-3-23-8-12;;/h1-6,8H,7,9-11,22H2,(H,24,26)(H,25,27);2*1H. The number of anilines is 1. The number of benzene rings is 1. The Kier molecular flexibility index (Phi) is 12.0. The Morgan fingerprint density at radius 3 is 2.37 bits per heavy atom. The van der Waals surface area contributed by atoms with Crippen LogP contribution in [-0.2, 0) is 33.6 Å². The molecule has 2 rings (SSSR count). The summed E-state index contributed by atoms with van der Waals surface area (Å²) in [7, 11) is 0. The molecule has 0 fully saturated rings. The zero-order valence-corrected chi connectivity index (χ0v) is 17.2. The third kappa shape index (κ3) is 9.40. The topological polar surface area (TPSA) is 106 Å². The lowest BCUT2D eigenvalue weighted by Crippen LogP contribution is -2.29. The highest BCUT2D eigenvalue weighted by Crippen LogP contribution is 2.31. The van der Waals surface area contributed by atoms with Gasteiger partial charge in [-0.3, -0.25) is 14.6 Å². The van der Waals surface area contributed by atoms with Gasteiger partial charge in [-0.25, -0.2) is 0 Å². The molecule has 0 aliphatic heterocycles. The average Bonchev–Trinajstić information content (AvgIpc) is 2.66. The number of ether oxygens (including phenoxy) is 1. The van der Waals surface area contributed by atoms with Gasteiger partial charge in [-0.1, -0.05) is 6.07 Å². The van der Waals surface area contributed by atoms with Crippen LogP contribution in [0.3, 0.4) is 0 Å². The van der Waals surface area contributed by atoms with Crippen LogP contribution in [-0.4, -0.2) is 30.0 Å². The lowest BCUT2D eigenvalue weighted by Gasteiger charge is -2.12. The number of halogens is 5. The molecule has 0 saturated heterocycles. The summed E-state index contributed by atoms with van der Waals surface area (Å²) in [5, 5.41) is 4.89. The van der Waals surface area contributed by atoms with Crippen molar-refractivity contribution in [2.45, 2.75) is 19.3 Å². The summed E-state index contributed by atoms with van der Waals surface area (Å²) in [5.41, 5.74) is 5.45. The van der Waals surface area contributed by atoms with Crippen molar-refractivity contribution in [1.82, 2.24) is 10.3 Å². The van der Waals surface area contributed by atoms with E-state index in [2.05, 4.69) is 15.6 Å². The number of pyridine rings is 1. The van der Waals surface area contributed by atoms with E-state index in [1.165, 1.54) is 6.07 Å². The van der Waals surface area contributed by atoms with Gasteiger partial charge in [-0.15, -0.1) is 24.8 Å². The maximum atomic E-state index is 12.9. The summed E-state index contributed by atoms with van der Waals surface area (Å²) in [5.74, 6) is -1.14. The molecule has 1 aromatic carbocycles. The largest absolute Gasteiger partial charge is 0.416 e. The van der Waals surface area contributed by atoms with Gasteiger partial charge >= 0.3 is 6.18 Å². The fraction of sp³-hybridized carbons (Fsp3) is 0.278. The first kappa shape index (κ1) is 27.6. The maximum Gasteiger partial charge on any atom is 0.416 e. The highest BCUT2D eigenvalue weighted by atomic mass is 35.5. The van der Waals surface area contributed by atoms with Crippen LogP contribution >= 0.6 is 24.8 Å².